The summed E-state index contributed by atoms with van der Waals surface area (Å²) in [6.07, 6.45) is 1.96. The summed E-state index contributed by atoms with van der Waals surface area (Å²) in [6, 6.07) is 7.83. The fourth-order valence-electron chi connectivity index (χ4n) is 2.11. The molecule has 0 aliphatic heterocycles. The molecule has 20 heavy (non-hydrogen) atoms. The van der Waals surface area contributed by atoms with Crippen molar-refractivity contribution in [2.45, 2.75) is 32.7 Å². The molecule has 0 fully saturated rings. The minimum absolute atomic E-state index is 0.127. The van der Waals surface area contributed by atoms with E-state index in [9.17, 15) is 4.39 Å². The Labute approximate surface area is 132 Å². The molecule has 0 aliphatic carbocycles. The van der Waals surface area contributed by atoms with E-state index in [0.29, 0.717) is 5.56 Å². The number of hydrogen-bond donors (Lipinski definition) is 1. The molecule has 0 amide bonds. The maximum Gasteiger partial charge on any atom is 0.126 e. The number of nitrogens with one attached hydrogen (secondary N) is 1. The smallest absolute Gasteiger partial charge is 0.126 e. The number of benzene rings is 1. The van der Waals surface area contributed by atoms with E-state index in [0.717, 1.165) is 29.4 Å². The molecule has 4 heteroatoms. The van der Waals surface area contributed by atoms with E-state index >= 15 is 0 Å². The molecule has 0 saturated carbocycles. The lowest BCUT2D eigenvalue weighted by molar-refractivity contribution is 0.526. The Morgan fingerprint density at radius 1 is 1.35 bits per heavy atom. The van der Waals surface area contributed by atoms with Crippen molar-refractivity contribution in [1.82, 2.24) is 5.32 Å². The highest BCUT2D eigenvalue weighted by Crippen LogP contribution is 2.26. The van der Waals surface area contributed by atoms with E-state index in [1.165, 1.54) is 4.88 Å². The molecule has 1 heterocycles. The molecular weight excluding hydrogens is 337 g/mol. The molecule has 0 bridgehead atoms. The Hall–Kier alpha value is -0.710. The third-order valence-corrected chi connectivity index (χ3v) is 4.99. The molecule has 1 nitrogen and oxygen atoms in total. The van der Waals surface area contributed by atoms with Crippen LogP contribution in [0.3, 0.4) is 0 Å². The normalized spacial score (nSPS) is 12.6. The highest BCUT2D eigenvalue weighted by atomic mass is 79.9. The van der Waals surface area contributed by atoms with E-state index in [2.05, 4.69) is 39.6 Å². The Balaban J connectivity index is 2.19. The zero-order valence-electron chi connectivity index (χ0n) is 11.7. The largest absolute Gasteiger partial charge is 0.310 e. The summed E-state index contributed by atoms with van der Waals surface area (Å²) in [4.78, 5) is 1.30. The van der Waals surface area contributed by atoms with Gasteiger partial charge in [-0.25, -0.2) is 4.39 Å². The zero-order valence-corrected chi connectivity index (χ0v) is 14.2. The molecule has 1 aromatic carbocycles. The Morgan fingerprint density at radius 3 is 2.75 bits per heavy atom. The summed E-state index contributed by atoms with van der Waals surface area (Å²) in [5, 5.41) is 5.60. The minimum Gasteiger partial charge on any atom is -0.310 e. The second kappa shape index (κ2) is 7.34. The van der Waals surface area contributed by atoms with Crippen molar-refractivity contribution in [2.75, 3.05) is 6.54 Å². The van der Waals surface area contributed by atoms with E-state index in [1.54, 1.807) is 24.3 Å². The van der Waals surface area contributed by atoms with E-state index < -0.39 is 0 Å². The van der Waals surface area contributed by atoms with Gasteiger partial charge in [0.2, 0.25) is 0 Å². The van der Waals surface area contributed by atoms with Crippen LogP contribution < -0.4 is 5.32 Å². The monoisotopic (exact) mass is 355 g/mol. The van der Waals surface area contributed by atoms with Crippen molar-refractivity contribution >= 4 is 27.3 Å². The van der Waals surface area contributed by atoms with Gasteiger partial charge in [0.1, 0.15) is 5.82 Å². The third kappa shape index (κ3) is 4.14. The van der Waals surface area contributed by atoms with E-state index in [1.807, 2.05) is 12.1 Å². The number of rotatable bonds is 6. The van der Waals surface area contributed by atoms with Gasteiger partial charge < -0.3 is 5.32 Å². The summed E-state index contributed by atoms with van der Waals surface area (Å²) in [5.41, 5.74) is 1.72. The lowest BCUT2D eigenvalue weighted by Gasteiger charge is -2.19. The van der Waals surface area contributed by atoms with Crippen molar-refractivity contribution in [3.8, 4) is 0 Å². The number of thiophene rings is 1. The summed E-state index contributed by atoms with van der Waals surface area (Å²) in [7, 11) is 0. The molecule has 2 rings (SSSR count). The predicted octanol–water partition coefficient (Wildman–Crippen LogP) is 5.24. The first-order valence-corrected chi connectivity index (χ1v) is 8.49. The average Bonchev–Trinajstić information content (AvgIpc) is 2.83. The lowest BCUT2D eigenvalue weighted by atomic mass is 10.0. The maximum absolute atomic E-state index is 13.8. The van der Waals surface area contributed by atoms with Crippen LogP contribution in [0.5, 0.6) is 0 Å². The van der Waals surface area contributed by atoms with Crippen LogP contribution in [0.4, 0.5) is 4.39 Å². The average molecular weight is 356 g/mol. The molecule has 0 spiro atoms. The Morgan fingerprint density at radius 2 is 2.15 bits per heavy atom. The second-order valence-electron chi connectivity index (χ2n) is 4.95. The highest BCUT2D eigenvalue weighted by Gasteiger charge is 2.14. The number of hydrogen-bond acceptors (Lipinski definition) is 2. The van der Waals surface area contributed by atoms with Crippen LogP contribution in [0, 0.1) is 12.7 Å². The summed E-state index contributed by atoms with van der Waals surface area (Å²) >= 11 is 5.21. The molecule has 1 aromatic heterocycles. The van der Waals surface area contributed by atoms with Crippen LogP contribution in [0.1, 0.15) is 35.4 Å². The quantitative estimate of drug-likeness (QED) is 0.746. The predicted molar refractivity (Wildman–Crippen MR) is 87.9 cm³/mol. The third-order valence-electron chi connectivity index (χ3n) is 3.27. The van der Waals surface area contributed by atoms with Gasteiger partial charge in [-0.15, -0.1) is 11.3 Å². The minimum atomic E-state index is -0.127. The molecule has 0 radical (unpaired) electrons. The van der Waals surface area contributed by atoms with E-state index in [-0.39, 0.29) is 11.9 Å². The number of halogens is 2. The van der Waals surface area contributed by atoms with Crippen molar-refractivity contribution in [2.24, 2.45) is 0 Å². The fourth-order valence-corrected chi connectivity index (χ4v) is 3.61. The fraction of sp³-hybridized carbons (Fsp3) is 0.375. The highest BCUT2D eigenvalue weighted by molar-refractivity contribution is 9.10. The van der Waals surface area contributed by atoms with Gasteiger partial charge in [-0.3, -0.25) is 0 Å². The zero-order chi connectivity index (χ0) is 14.5. The van der Waals surface area contributed by atoms with Gasteiger partial charge in [-0.05, 0) is 59.1 Å². The second-order valence-corrected chi connectivity index (χ2v) is 6.86. The standard InChI is InChI=1S/C16H19BrFNS/c1-3-6-19-16(9-14-8-13(17)10-20-14)12-5-4-11(2)15(18)7-12/h4-5,7-8,10,16,19H,3,6,9H2,1-2H3. The van der Waals surface area contributed by atoms with Crippen molar-refractivity contribution in [1.29, 1.82) is 0 Å². The topological polar surface area (TPSA) is 12.0 Å². The molecule has 1 unspecified atom stereocenters. The molecule has 2 aromatic rings. The lowest BCUT2D eigenvalue weighted by Crippen LogP contribution is -2.24. The summed E-state index contributed by atoms with van der Waals surface area (Å²) in [6.45, 7) is 4.87. The molecule has 108 valence electrons. The van der Waals surface area contributed by atoms with Crippen molar-refractivity contribution in [3.63, 3.8) is 0 Å². The molecular formula is C16H19BrFNS. The Bertz CT molecular complexity index is 567. The number of aryl methyl sites for hydroxylation is 1. The van der Waals surface area contributed by atoms with Crippen LogP contribution >= 0.6 is 27.3 Å². The molecule has 1 N–H and O–H groups in total. The molecule has 0 saturated heterocycles. The summed E-state index contributed by atoms with van der Waals surface area (Å²) in [5.74, 6) is -0.127. The van der Waals surface area contributed by atoms with Gasteiger partial charge in [0, 0.05) is 27.2 Å². The van der Waals surface area contributed by atoms with Gasteiger partial charge in [0.05, 0.1) is 0 Å². The van der Waals surface area contributed by atoms with Crippen LogP contribution in [0.25, 0.3) is 0 Å². The maximum atomic E-state index is 13.8. The SMILES string of the molecule is CCCNC(Cc1cc(Br)cs1)c1ccc(C)c(F)c1. The molecule has 1 atom stereocenters. The van der Waals surface area contributed by atoms with Crippen molar-refractivity contribution in [3.05, 3.63) is 55.9 Å². The molecule has 0 aliphatic rings. The first-order chi connectivity index (χ1) is 9.60. The van der Waals surface area contributed by atoms with Crippen LogP contribution in [-0.2, 0) is 6.42 Å². The Kier molecular flexibility index (Phi) is 5.75. The first kappa shape index (κ1) is 15.7. The van der Waals surface area contributed by atoms with E-state index in [4.69, 9.17) is 0 Å². The van der Waals surface area contributed by atoms with Crippen LogP contribution in [0.15, 0.2) is 34.1 Å². The van der Waals surface area contributed by atoms with Gasteiger partial charge in [-0.1, -0.05) is 19.1 Å². The van der Waals surface area contributed by atoms with Gasteiger partial charge in [0.15, 0.2) is 0 Å². The van der Waals surface area contributed by atoms with Crippen LogP contribution in [0.2, 0.25) is 0 Å². The van der Waals surface area contributed by atoms with Gasteiger partial charge in [-0.2, -0.15) is 0 Å². The summed E-state index contributed by atoms with van der Waals surface area (Å²) < 4.78 is 14.9. The van der Waals surface area contributed by atoms with Gasteiger partial charge in [0.25, 0.3) is 0 Å². The van der Waals surface area contributed by atoms with Crippen LogP contribution in [-0.4, -0.2) is 6.54 Å². The van der Waals surface area contributed by atoms with Crippen molar-refractivity contribution < 1.29 is 4.39 Å². The first-order valence-electron chi connectivity index (χ1n) is 6.82. The van der Waals surface area contributed by atoms with Gasteiger partial charge >= 0.3 is 0 Å².